The van der Waals surface area contributed by atoms with Crippen LogP contribution < -0.4 is 5.73 Å². The SMILES string of the molecule is CC(=O)N(CC(C)O[C@@H]1[C@@H](N)[C@@H](O)O[C@H](CO)[C@H]1O)[C@@H](C)C(=O)O. The number of nitrogens with zero attached hydrogens (tertiary/aromatic N) is 1. The Hall–Kier alpha value is -1.30. The second kappa shape index (κ2) is 8.70. The summed E-state index contributed by atoms with van der Waals surface area (Å²) >= 11 is 0. The van der Waals surface area contributed by atoms with Crippen LogP contribution in [0.4, 0.5) is 0 Å². The van der Waals surface area contributed by atoms with E-state index >= 15 is 0 Å². The minimum atomic E-state index is -1.43. The summed E-state index contributed by atoms with van der Waals surface area (Å²) in [6.07, 6.45) is -5.48. The van der Waals surface area contributed by atoms with Gasteiger partial charge in [0.1, 0.15) is 24.4 Å². The Morgan fingerprint density at radius 3 is 2.38 bits per heavy atom. The van der Waals surface area contributed by atoms with E-state index in [9.17, 15) is 19.8 Å². The molecule has 0 aromatic rings. The molecule has 1 fully saturated rings. The first kappa shape index (κ1) is 20.7. The van der Waals surface area contributed by atoms with Gasteiger partial charge in [-0.15, -0.1) is 0 Å². The largest absolute Gasteiger partial charge is 0.480 e. The minimum absolute atomic E-state index is 0.0422. The van der Waals surface area contributed by atoms with Gasteiger partial charge >= 0.3 is 5.97 Å². The fourth-order valence-electron chi connectivity index (χ4n) is 2.56. The Bertz CT molecular complexity index is 448. The van der Waals surface area contributed by atoms with E-state index in [4.69, 9.17) is 25.4 Å². The van der Waals surface area contributed by atoms with Crippen LogP contribution >= 0.6 is 0 Å². The summed E-state index contributed by atoms with van der Waals surface area (Å²) in [7, 11) is 0. The molecule has 0 spiro atoms. The van der Waals surface area contributed by atoms with Gasteiger partial charge < -0.3 is 40.5 Å². The molecule has 0 aromatic carbocycles. The fourth-order valence-corrected chi connectivity index (χ4v) is 2.56. The number of carboxylic acids is 1. The van der Waals surface area contributed by atoms with Gasteiger partial charge in [-0.1, -0.05) is 0 Å². The molecule has 0 bridgehead atoms. The number of nitrogens with two attached hydrogens (primary N) is 1. The third kappa shape index (κ3) is 4.85. The number of carbonyl (C=O) groups is 2. The lowest BCUT2D eigenvalue weighted by Gasteiger charge is -2.42. The Balaban J connectivity index is 2.78. The molecule has 10 nitrogen and oxygen atoms in total. The molecule has 0 aliphatic carbocycles. The summed E-state index contributed by atoms with van der Waals surface area (Å²) in [6, 6.07) is -2.11. The number of aliphatic hydroxyl groups is 3. The van der Waals surface area contributed by atoms with Gasteiger partial charge in [-0.2, -0.15) is 0 Å². The van der Waals surface area contributed by atoms with Gasteiger partial charge in [0.15, 0.2) is 6.29 Å². The number of aliphatic carboxylic acids is 1. The van der Waals surface area contributed by atoms with Gasteiger partial charge in [0.2, 0.25) is 5.91 Å². The Labute approximate surface area is 139 Å². The van der Waals surface area contributed by atoms with E-state index in [1.807, 2.05) is 0 Å². The molecule has 140 valence electrons. The number of amides is 1. The highest BCUT2D eigenvalue weighted by Crippen LogP contribution is 2.22. The molecule has 1 saturated heterocycles. The van der Waals surface area contributed by atoms with E-state index in [0.29, 0.717) is 0 Å². The maximum absolute atomic E-state index is 11.6. The van der Waals surface area contributed by atoms with E-state index in [-0.39, 0.29) is 6.54 Å². The van der Waals surface area contributed by atoms with Crippen molar-refractivity contribution in [1.82, 2.24) is 4.90 Å². The average molecular weight is 350 g/mol. The van der Waals surface area contributed by atoms with Gasteiger partial charge in [0, 0.05) is 13.5 Å². The molecule has 0 saturated carbocycles. The zero-order valence-electron chi connectivity index (χ0n) is 13.9. The molecule has 1 heterocycles. The van der Waals surface area contributed by atoms with Crippen molar-refractivity contribution in [3.63, 3.8) is 0 Å². The molecule has 1 amide bonds. The highest BCUT2D eigenvalue weighted by Gasteiger charge is 2.44. The molecule has 1 aliphatic rings. The maximum atomic E-state index is 11.6. The van der Waals surface area contributed by atoms with Crippen molar-refractivity contribution in [3.8, 4) is 0 Å². The zero-order valence-corrected chi connectivity index (χ0v) is 13.9. The second-order valence-electron chi connectivity index (χ2n) is 5.91. The topological polar surface area (TPSA) is 163 Å². The molecule has 0 aromatic heterocycles. The van der Waals surface area contributed by atoms with Crippen molar-refractivity contribution in [1.29, 1.82) is 0 Å². The van der Waals surface area contributed by atoms with Crippen molar-refractivity contribution in [2.24, 2.45) is 5.73 Å². The molecule has 1 unspecified atom stereocenters. The molecular formula is C14H26N2O8. The number of rotatable bonds is 7. The molecule has 10 heteroatoms. The van der Waals surface area contributed by atoms with Crippen LogP contribution in [0.15, 0.2) is 0 Å². The first-order valence-electron chi connectivity index (χ1n) is 7.63. The van der Waals surface area contributed by atoms with Crippen LogP contribution in [0.5, 0.6) is 0 Å². The quantitative estimate of drug-likeness (QED) is 0.333. The number of hydrogen-bond donors (Lipinski definition) is 5. The van der Waals surface area contributed by atoms with E-state index in [2.05, 4.69) is 0 Å². The summed E-state index contributed by atoms with van der Waals surface area (Å²) in [6.45, 7) is 3.62. The smallest absolute Gasteiger partial charge is 0.326 e. The average Bonchev–Trinajstić information content (AvgIpc) is 2.51. The number of ether oxygens (including phenoxy) is 2. The highest BCUT2D eigenvalue weighted by molar-refractivity contribution is 5.81. The number of hydrogen-bond acceptors (Lipinski definition) is 8. The summed E-state index contributed by atoms with van der Waals surface area (Å²) in [5.74, 6) is -1.60. The third-order valence-electron chi connectivity index (χ3n) is 3.99. The summed E-state index contributed by atoms with van der Waals surface area (Å²) in [4.78, 5) is 23.8. The first-order chi connectivity index (χ1) is 11.1. The lowest BCUT2D eigenvalue weighted by Crippen LogP contribution is -2.63. The van der Waals surface area contributed by atoms with E-state index in [1.165, 1.54) is 13.8 Å². The summed E-state index contributed by atoms with van der Waals surface area (Å²) in [5.41, 5.74) is 5.76. The predicted octanol–water partition coefficient (Wildman–Crippen LogP) is -2.52. The lowest BCUT2D eigenvalue weighted by atomic mass is 9.97. The van der Waals surface area contributed by atoms with E-state index in [0.717, 1.165) is 4.90 Å². The van der Waals surface area contributed by atoms with Crippen molar-refractivity contribution in [2.45, 2.75) is 63.6 Å². The standard InChI is InChI=1S/C14H26N2O8/c1-6(4-16(8(3)18)7(2)13(20)21)23-12-10(15)14(22)24-9(5-17)11(12)19/h6-7,9-12,14,17,19,22H,4-5,15H2,1-3H3,(H,20,21)/t6?,7-,9+,10+,11+,12+,14-/m0/s1. The van der Waals surface area contributed by atoms with Crippen molar-refractivity contribution in [2.75, 3.05) is 13.2 Å². The molecule has 24 heavy (non-hydrogen) atoms. The molecule has 1 rings (SSSR count). The molecular weight excluding hydrogens is 324 g/mol. The van der Waals surface area contributed by atoms with Gasteiger partial charge in [-0.25, -0.2) is 4.79 Å². The van der Waals surface area contributed by atoms with E-state index in [1.54, 1.807) is 6.92 Å². The number of carboxylic acid groups (broad SMARTS) is 1. The number of aliphatic hydroxyl groups excluding tert-OH is 3. The number of carbonyl (C=O) groups excluding carboxylic acids is 1. The normalized spacial score (nSPS) is 32.9. The van der Waals surface area contributed by atoms with Crippen LogP contribution in [0.25, 0.3) is 0 Å². The minimum Gasteiger partial charge on any atom is -0.480 e. The van der Waals surface area contributed by atoms with Crippen LogP contribution in [0.3, 0.4) is 0 Å². The fraction of sp³-hybridized carbons (Fsp3) is 0.857. The van der Waals surface area contributed by atoms with Crippen LogP contribution in [-0.2, 0) is 19.1 Å². The third-order valence-corrected chi connectivity index (χ3v) is 3.99. The van der Waals surface area contributed by atoms with Crippen molar-refractivity contribution < 1.29 is 39.5 Å². The summed E-state index contributed by atoms with van der Waals surface area (Å²) in [5, 5.41) is 38.1. The highest BCUT2D eigenvalue weighted by atomic mass is 16.6. The van der Waals surface area contributed by atoms with Crippen molar-refractivity contribution in [3.05, 3.63) is 0 Å². The first-order valence-corrected chi connectivity index (χ1v) is 7.63. The van der Waals surface area contributed by atoms with Gasteiger partial charge in [0.05, 0.1) is 18.8 Å². The molecule has 6 N–H and O–H groups in total. The maximum Gasteiger partial charge on any atom is 0.326 e. The van der Waals surface area contributed by atoms with Crippen LogP contribution in [0.1, 0.15) is 20.8 Å². The van der Waals surface area contributed by atoms with Crippen LogP contribution in [0.2, 0.25) is 0 Å². The van der Waals surface area contributed by atoms with Crippen LogP contribution in [-0.4, -0.2) is 93.1 Å². The molecule has 0 radical (unpaired) electrons. The van der Waals surface area contributed by atoms with Crippen LogP contribution in [0, 0.1) is 0 Å². The molecule has 7 atom stereocenters. The second-order valence-corrected chi connectivity index (χ2v) is 5.91. The Morgan fingerprint density at radius 2 is 1.92 bits per heavy atom. The van der Waals surface area contributed by atoms with Gasteiger partial charge in [0.25, 0.3) is 0 Å². The monoisotopic (exact) mass is 350 g/mol. The van der Waals surface area contributed by atoms with Gasteiger partial charge in [-0.05, 0) is 13.8 Å². The predicted molar refractivity (Wildman–Crippen MR) is 80.8 cm³/mol. The van der Waals surface area contributed by atoms with Gasteiger partial charge in [-0.3, -0.25) is 4.79 Å². The Kier molecular flexibility index (Phi) is 7.52. The summed E-state index contributed by atoms with van der Waals surface area (Å²) < 4.78 is 10.6. The zero-order chi connectivity index (χ0) is 18.6. The Morgan fingerprint density at radius 1 is 1.33 bits per heavy atom. The van der Waals surface area contributed by atoms with E-state index < -0.39 is 61.3 Å². The lowest BCUT2D eigenvalue weighted by molar-refractivity contribution is -0.263. The van der Waals surface area contributed by atoms with Crippen molar-refractivity contribution >= 4 is 11.9 Å². The molecule has 1 aliphatic heterocycles.